The van der Waals surface area contributed by atoms with Crippen LogP contribution in [0.25, 0.3) is 22.2 Å². The molecular formula is C28H21ClN4O2. The van der Waals surface area contributed by atoms with Gasteiger partial charge in [-0.2, -0.15) is 5.10 Å². The fourth-order valence-corrected chi connectivity index (χ4v) is 4.10. The number of pyridine rings is 1. The van der Waals surface area contributed by atoms with Crippen LogP contribution in [0.5, 0.6) is 0 Å². The smallest absolute Gasteiger partial charge is 0.256 e. The molecule has 6 nitrogen and oxygen atoms in total. The number of halogens is 1. The lowest BCUT2D eigenvalue weighted by Gasteiger charge is -2.13. The number of anilines is 1. The van der Waals surface area contributed by atoms with E-state index in [2.05, 4.69) is 10.4 Å². The Morgan fingerprint density at radius 3 is 2.49 bits per heavy atom. The maximum atomic E-state index is 13.6. The lowest BCUT2D eigenvalue weighted by atomic mass is 10.0. The maximum Gasteiger partial charge on any atom is 0.256 e. The van der Waals surface area contributed by atoms with Crippen LogP contribution in [0, 0.1) is 0 Å². The minimum Gasteiger partial charge on any atom is -0.321 e. The van der Waals surface area contributed by atoms with Crippen LogP contribution in [0.2, 0.25) is 5.02 Å². The molecular weight excluding hydrogens is 460 g/mol. The summed E-state index contributed by atoms with van der Waals surface area (Å²) in [4.78, 5) is 31.5. The number of nitrogens with zero attached hydrogens (tertiary/aromatic N) is 3. The van der Waals surface area contributed by atoms with Gasteiger partial charge >= 0.3 is 0 Å². The van der Waals surface area contributed by atoms with Crippen molar-refractivity contribution in [2.75, 3.05) is 5.32 Å². The van der Waals surface area contributed by atoms with Crippen LogP contribution in [0.4, 0.5) is 5.69 Å². The van der Waals surface area contributed by atoms with Crippen molar-refractivity contribution in [3.8, 4) is 11.3 Å². The van der Waals surface area contributed by atoms with Crippen molar-refractivity contribution >= 4 is 39.9 Å². The molecule has 172 valence electrons. The van der Waals surface area contributed by atoms with E-state index in [1.807, 2.05) is 43.5 Å². The van der Waals surface area contributed by atoms with E-state index in [-0.39, 0.29) is 11.7 Å². The number of hydrogen-bond donors (Lipinski definition) is 1. The number of carbonyl (C=O) groups excluding carboxylic acids is 2. The molecule has 7 heteroatoms. The molecule has 0 fully saturated rings. The van der Waals surface area contributed by atoms with Gasteiger partial charge in [0.05, 0.1) is 28.7 Å². The minimum absolute atomic E-state index is 0.226. The Morgan fingerprint density at radius 2 is 1.71 bits per heavy atom. The largest absolute Gasteiger partial charge is 0.321 e. The van der Waals surface area contributed by atoms with E-state index < -0.39 is 0 Å². The molecule has 0 aliphatic carbocycles. The van der Waals surface area contributed by atoms with E-state index in [0.29, 0.717) is 44.0 Å². The Kier molecular flexibility index (Phi) is 6.12. The molecule has 0 saturated carbocycles. The van der Waals surface area contributed by atoms with Crippen molar-refractivity contribution < 1.29 is 9.59 Å². The highest BCUT2D eigenvalue weighted by molar-refractivity contribution is 6.31. The first kappa shape index (κ1) is 22.5. The van der Waals surface area contributed by atoms with E-state index >= 15 is 0 Å². The van der Waals surface area contributed by atoms with E-state index in [1.165, 1.54) is 0 Å². The third kappa shape index (κ3) is 4.56. The van der Waals surface area contributed by atoms with Gasteiger partial charge in [0.1, 0.15) is 0 Å². The molecule has 0 aliphatic heterocycles. The van der Waals surface area contributed by atoms with E-state index in [4.69, 9.17) is 16.6 Å². The van der Waals surface area contributed by atoms with Crippen LogP contribution in [0.15, 0.2) is 91.3 Å². The summed E-state index contributed by atoms with van der Waals surface area (Å²) in [5, 5.41) is 8.37. The first-order valence-electron chi connectivity index (χ1n) is 11.2. The van der Waals surface area contributed by atoms with Gasteiger partial charge in [-0.25, -0.2) is 4.98 Å². The molecule has 5 aromatic rings. The van der Waals surface area contributed by atoms with Crippen LogP contribution >= 0.6 is 11.6 Å². The zero-order valence-electron chi connectivity index (χ0n) is 18.9. The first-order chi connectivity index (χ1) is 17.0. The number of aromatic nitrogens is 3. The molecule has 2 aromatic heterocycles. The molecule has 3 aromatic carbocycles. The highest BCUT2D eigenvalue weighted by atomic mass is 35.5. The van der Waals surface area contributed by atoms with Gasteiger partial charge in [0, 0.05) is 39.8 Å². The summed E-state index contributed by atoms with van der Waals surface area (Å²) in [6, 6.07) is 23.0. The number of amides is 1. The second-order valence-electron chi connectivity index (χ2n) is 8.00. The van der Waals surface area contributed by atoms with Crippen molar-refractivity contribution in [1.82, 2.24) is 14.8 Å². The summed E-state index contributed by atoms with van der Waals surface area (Å²) in [5.41, 5.74) is 3.81. The zero-order valence-corrected chi connectivity index (χ0v) is 19.7. The molecule has 1 amide bonds. The summed E-state index contributed by atoms with van der Waals surface area (Å²) >= 11 is 6.20. The quantitative estimate of drug-likeness (QED) is 0.291. The number of benzene rings is 3. The molecule has 1 N–H and O–H groups in total. The molecule has 0 spiro atoms. The number of hydrogen-bond acceptors (Lipinski definition) is 4. The lowest BCUT2D eigenvalue weighted by Crippen LogP contribution is -2.16. The fraction of sp³-hybridized carbons (Fsp3) is 0.0714. The van der Waals surface area contributed by atoms with Crippen LogP contribution in [-0.4, -0.2) is 26.5 Å². The molecule has 5 rings (SSSR count). The predicted octanol–water partition coefficient (Wildman–Crippen LogP) is 6.25. The van der Waals surface area contributed by atoms with Crippen molar-refractivity contribution in [3.05, 3.63) is 113 Å². The number of nitrogens with one attached hydrogen (secondary N) is 1. The van der Waals surface area contributed by atoms with Gasteiger partial charge < -0.3 is 5.32 Å². The molecule has 0 saturated heterocycles. The standard InChI is InChI=1S/C28H21ClN4O2/c1-2-33-17-19(16-30-33)26-15-22(21-10-6-7-11-24(21)31-26)28(35)32-25-13-12-20(29)14-23(25)27(34)18-8-4-3-5-9-18/h3-17H,2H2,1H3,(H,32,35). The maximum absolute atomic E-state index is 13.6. The summed E-state index contributed by atoms with van der Waals surface area (Å²) in [7, 11) is 0. The third-order valence-electron chi connectivity index (χ3n) is 5.72. The first-order valence-corrected chi connectivity index (χ1v) is 11.5. The fourth-order valence-electron chi connectivity index (χ4n) is 3.93. The van der Waals surface area contributed by atoms with Crippen molar-refractivity contribution in [2.45, 2.75) is 13.5 Å². The van der Waals surface area contributed by atoms with Gasteiger partial charge in [-0.15, -0.1) is 0 Å². The Bertz CT molecular complexity index is 1560. The third-order valence-corrected chi connectivity index (χ3v) is 5.96. The van der Waals surface area contributed by atoms with Gasteiger partial charge in [0.2, 0.25) is 0 Å². The second-order valence-corrected chi connectivity index (χ2v) is 8.43. The van der Waals surface area contributed by atoms with Crippen molar-refractivity contribution in [2.24, 2.45) is 0 Å². The van der Waals surface area contributed by atoms with Crippen LogP contribution in [0.3, 0.4) is 0 Å². The van der Waals surface area contributed by atoms with E-state index in [9.17, 15) is 9.59 Å². The number of ketones is 1. The summed E-state index contributed by atoms with van der Waals surface area (Å²) < 4.78 is 1.81. The van der Waals surface area contributed by atoms with Gasteiger partial charge in [-0.05, 0) is 37.3 Å². The molecule has 0 atom stereocenters. The van der Waals surface area contributed by atoms with E-state index in [0.717, 1.165) is 12.1 Å². The van der Waals surface area contributed by atoms with Crippen molar-refractivity contribution in [1.29, 1.82) is 0 Å². The van der Waals surface area contributed by atoms with Crippen LogP contribution in [-0.2, 0) is 6.54 Å². The summed E-state index contributed by atoms with van der Waals surface area (Å²) in [6.07, 6.45) is 3.63. The topological polar surface area (TPSA) is 76.9 Å². The SMILES string of the molecule is CCn1cc(-c2cc(C(=O)Nc3ccc(Cl)cc3C(=O)c3ccccc3)c3ccccc3n2)cn1. The monoisotopic (exact) mass is 480 g/mol. The van der Waals surface area contributed by atoms with Crippen LogP contribution in [0.1, 0.15) is 33.2 Å². The summed E-state index contributed by atoms with van der Waals surface area (Å²) in [6.45, 7) is 2.74. The average molecular weight is 481 g/mol. The Labute approximate surface area is 207 Å². The molecule has 35 heavy (non-hydrogen) atoms. The predicted molar refractivity (Wildman–Crippen MR) is 138 cm³/mol. The van der Waals surface area contributed by atoms with Gasteiger partial charge in [0.25, 0.3) is 5.91 Å². The Balaban J connectivity index is 1.56. The number of rotatable bonds is 6. The number of carbonyl (C=O) groups is 2. The molecule has 0 unspecified atom stereocenters. The highest BCUT2D eigenvalue weighted by Gasteiger charge is 2.19. The lowest BCUT2D eigenvalue weighted by molar-refractivity contribution is 0.102. The molecule has 0 aliphatic rings. The van der Waals surface area contributed by atoms with Gasteiger partial charge in [-0.1, -0.05) is 60.1 Å². The normalized spacial score (nSPS) is 10.9. The second kappa shape index (κ2) is 9.52. The molecule has 0 bridgehead atoms. The summed E-state index contributed by atoms with van der Waals surface area (Å²) in [5.74, 6) is -0.576. The Morgan fingerprint density at radius 1 is 0.943 bits per heavy atom. The molecule has 2 heterocycles. The van der Waals surface area contributed by atoms with Crippen molar-refractivity contribution in [3.63, 3.8) is 0 Å². The van der Waals surface area contributed by atoms with E-state index in [1.54, 1.807) is 59.4 Å². The number of fused-ring (bicyclic) bond motifs is 1. The number of para-hydroxylation sites is 1. The molecule has 0 radical (unpaired) electrons. The zero-order chi connectivity index (χ0) is 24.4. The Hall–Kier alpha value is -4.29. The van der Waals surface area contributed by atoms with Gasteiger partial charge in [0.15, 0.2) is 5.78 Å². The van der Waals surface area contributed by atoms with Crippen LogP contribution < -0.4 is 5.32 Å². The highest BCUT2D eigenvalue weighted by Crippen LogP contribution is 2.28. The van der Waals surface area contributed by atoms with Gasteiger partial charge in [-0.3, -0.25) is 14.3 Å². The average Bonchev–Trinajstić information content (AvgIpc) is 3.38. The number of aryl methyl sites for hydroxylation is 1. The minimum atomic E-state index is -0.350.